The third-order valence-corrected chi connectivity index (χ3v) is 3.58. The maximum absolute atomic E-state index is 13.3. The van der Waals surface area contributed by atoms with Crippen molar-refractivity contribution in [1.29, 1.82) is 0 Å². The number of carbonyl (C=O) groups is 2. The van der Waals surface area contributed by atoms with Gasteiger partial charge >= 0.3 is 5.97 Å². The average Bonchev–Trinajstić information content (AvgIpc) is 2.78. The van der Waals surface area contributed by atoms with Crippen molar-refractivity contribution in [2.75, 3.05) is 0 Å². The molecule has 0 unspecified atom stereocenters. The van der Waals surface area contributed by atoms with Crippen LogP contribution < -0.4 is 5.32 Å². The topological polar surface area (TPSA) is 92.2 Å². The van der Waals surface area contributed by atoms with Gasteiger partial charge in [0.2, 0.25) is 5.95 Å². The molecular weight excluding hydrogens is 285 g/mol. The predicted octanol–water partition coefficient (Wildman–Crippen LogP) is 1.61. The fraction of sp³-hybridized carbons (Fsp3) is 0.167. The molecule has 0 aromatic carbocycles. The number of nitrogens with zero attached hydrogens (tertiary/aromatic N) is 2. The van der Waals surface area contributed by atoms with Crippen LogP contribution in [-0.2, 0) is 6.54 Å². The number of halogens is 1. The van der Waals surface area contributed by atoms with E-state index in [4.69, 9.17) is 5.11 Å². The van der Waals surface area contributed by atoms with Gasteiger partial charge in [0, 0.05) is 6.20 Å². The second-order valence-corrected chi connectivity index (χ2v) is 4.94. The van der Waals surface area contributed by atoms with Crippen LogP contribution >= 0.6 is 11.3 Å². The van der Waals surface area contributed by atoms with Crippen molar-refractivity contribution in [3.8, 4) is 0 Å². The quantitative estimate of drug-likeness (QED) is 0.836. The first-order valence-electron chi connectivity index (χ1n) is 5.57. The molecule has 0 spiro atoms. The third-order valence-electron chi connectivity index (χ3n) is 2.44. The van der Waals surface area contributed by atoms with Gasteiger partial charge in [-0.05, 0) is 19.1 Å². The van der Waals surface area contributed by atoms with Gasteiger partial charge in [-0.3, -0.25) is 4.79 Å². The van der Waals surface area contributed by atoms with Crippen LogP contribution in [0, 0.1) is 12.9 Å². The van der Waals surface area contributed by atoms with E-state index in [0.717, 1.165) is 11.3 Å². The van der Waals surface area contributed by atoms with Crippen molar-refractivity contribution >= 4 is 23.2 Å². The Kier molecular flexibility index (Phi) is 4.04. The van der Waals surface area contributed by atoms with E-state index in [1.807, 2.05) is 0 Å². The van der Waals surface area contributed by atoms with Crippen LogP contribution in [0.25, 0.3) is 0 Å². The summed E-state index contributed by atoms with van der Waals surface area (Å²) in [5.41, 5.74) is 0.221. The van der Waals surface area contributed by atoms with Gasteiger partial charge in [-0.15, -0.1) is 11.3 Å². The van der Waals surface area contributed by atoms with Crippen molar-refractivity contribution in [2.45, 2.75) is 13.5 Å². The number of nitrogens with one attached hydrogen (secondary N) is 1. The molecule has 0 saturated carbocycles. The van der Waals surface area contributed by atoms with Gasteiger partial charge in [0.15, 0.2) is 0 Å². The number of thiazole rings is 1. The highest BCUT2D eigenvalue weighted by Crippen LogP contribution is 2.17. The monoisotopic (exact) mass is 295 g/mol. The molecule has 1 amide bonds. The summed E-state index contributed by atoms with van der Waals surface area (Å²) in [6.07, 6.45) is 1.25. The van der Waals surface area contributed by atoms with Gasteiger partial charge < -0.3 is 10.4 Å². The molecule has 0 atom stereocenters. The molecule has 0 radical (unpaired) electrons. The standard InChI is InChI=1S/C12H10FN3O3S/c1-6-9(12(18)19)20-8(16-6)5-15-11(17)7-3-2-4-14-10(7)13/h2-4H,5H2,1H3,(H,15,17)(H,18,19). The number of pyridine rings is 1. The Hall–Kier alpha value is -2.35. The van der Waals surface area contributed by atoms with Gasteiger partial charge in [-0.2, -0.15) is 4.39 Å². The number of aryl methyl sites for hydroxylation is 1. The zero-order chi connectivity index (χ0) is 14.7. The molecule has 0 saturated heterocycles. The van der Waals surface area contributed by atoms with Crippen LogP contribution in [0.5, 0.6) is 0 Å². The summed E-state index contributed by atoms with van der Waals surface area (Å²) >= 11 is 0.974. The van der Waals surface area contributed by atoms with E-state index >= 15 is 0 Å². The Labute approximate surface area is 117 Å². The smallest absolute Gasteiger partial charge is 0.347 e. The molecule has 0 bridgehead atoms. The van der Waals surface area contributed by atoms with E-state index in [-0.39, 0.29) is 17.0 Å². The molecule has 0 fully saturated rings. The zero-order valence-corrected chi connectivity index (χ0v) is 11.2. The van der Waals surface area contributed by atoms with Crippen LogP contribution in [-0.4, -0.2) is 27.0 Å². The number of carboxylic acid groups (broad SMARTS) is 1. The van der Waals surface area contributed by atoms with Crippen molar-refractivity contribution in [3.05, 3.63) is 45.4 Å². The summed E-state index contributed by atoms with van der Waals surface area (Å²) in [6, 6.07) is 2.77. The Morgan fingerprint density at radius 1 is 1.50 bits per heavy atom. The largest absolute Gasteiger partial charge is 0.477 e. The average molecular weight is 295 g/mol. The second kappa shape index (κ2) is 5.74. The van der Waals surface area contributed by atoms with Crippen LogP contribution in [0.3, 0.4) is 0 Å². The molecule has 2 aromatic heterocycles. The summed E-state index contributed by atoms with van der Waals surface area (Å²) in [4.78, 5) is 30.1. The van der Waals surface area contributed by atoms with Crippen molar-refractivity contribution in [1.82, 2.24) is 15.3 Å². The molecule has 0 aliphatic heterocycles. The minimum atomic E-state index is -1.06. The molecule has 20 heavy (non-hydrogen) atoms. The summed E-state index contributed by atoms with van der Waals surface area (Å²) in [7, 11) is 0. The highest BCUT2D eigenvalue weighted by molar-refractivity contribution is 7.13. The number of carboxylic acids is 1. The molecular formula is C12H10FN3O3S. The van der Waals surface area contributed by atoms with E-state index in [1.165, 1.54) is 18.3 Å². The lowest BCUT2D eigenvalue weighted by molar-refractivity contribution is 0.0701. The van der Waals surface area contributed by atoms with E-state index in [9.17, 15) is 14.0 Å². The van der Waals surface area contributed by atoms with Crippen molar-refractivity contribution < 1.29 is 19.1 Å². The van der Waals surface area contributed by atoms with E-state index < -0.39 is 17.8 Å². The van der Waals surface area contributed by atoms with Gasteiger partial charge in [0.25, 0.3) is 5.91 Å². The van der Waals surface area contributed by atoms with Crippen molar-refractivity contribution in [2.24, 2.45) is 0 Å². The highest BCUT2D eigenvalue weighted by Gasteiger charge is 2.16. The number of rotatable bonds is 4. The van der Waals surface area contributed by atoms with E-state index in [1.54, 1.807) is 6.92 Å². The first kappa shape index (κ1) is 14.1. The van der Waals surface area contributed by atoms with Gasteiger partial charge in [-0.1, -0.05) is 0 Å². The second-order valence-electron chi connectivity index (χ2n) is 3.85. The first-order chi connectivity index (χ1) is 9.49. The van der Waals surface area contributed by atoms with Gasteiger partial charge in [0.05, 0.1) is 17.8 Å². The fourth-order valence-electron chi connectivity index (χ4n) is 1.53. The lowest BCUT2D eigenvalue weighted by Crippen LogP contribution is -2.24. The molecule has 8 heteroatoms. The van der Waals surface area contributed by atoms with E-state index in [0.29, 0.717) is 10.7 Å². The maximum atomic E-state index is 13.3. The Morgan fingerprint density at radius 2 is 2.25 bits per heavy atom. The highest BCUT2D eigenvalue weighted by atomic mass is 32.1. The summed E-state index contributed by atoms with van der Waals surface area (Å²) in [5.74, 6) is -2.54. The van der Waals surface area contributed by atoms with Crippen LogP contribution in [0.1, 0.15) is 30.7 Å². The van der Waals surface area contributed by atoms with Crippen molar-refractivity contribution in [3.63, 3.8) is 0 Å². The molecule has 0 aliphatic carbocycles. The Bertz CT molecular complexity index is 672. The number of hydrogen-bond acceptors (Lipinski definition) is 5. The molecule has 2 N–H and O–H groups in total. The van der Waals surface area contributed by atoms with Crippen LogP contribution in [0.2, 0.25) is 0 Å². The molecule has 2 rings (SSSR count). The maximum Gasteiger partial charge on any atom is 0.347 e. The molecule has 6 nitrogen and oxygen atoms in total. The lowest BCUT2D eigenvalue weighted by Gasteiger charge is -2.03. The molecule has 0 aliphatic rings. The van der Waals surface area contributed by atoms with E-state index in [2.05, 4.69) is 15.3 Å². The third kappa shape index (κ3) is 2.97. The summed E-state index contributed by atoms with van der Waals surface area (Å²) in [6.45, 7) is 1.61. The molecule has 2 aromatic rings. The minimum absolute atomic E-state index is 0.0337. The number of hydrogen-bond donors (Lipinski definition) is 2. The summed E-state index contributed by atoms with van der Waals surface area (Å²) in [5, 5.41) is 11.8. The number of aromatic nitrogens is 2. The van der Waals surface area contributed by atoms with Gasteiger partial charge in [-0.25, -0.2) is 14.8 Å². The number of carbonyl (C=O) groups excluding carboxylic acids is 1. The van der Waals surface area contributed by atoms with Crippen LogP contribution in [0.15, 0.2) is 18.3 Å². The lowest BCUT2D eigenvalue weighted by atomic mass is 10.2. The first-order valence-corrected chi connectivity index (χ1v) is 6.39. The molecule has 104 valence electrons. The minimum Gasteiger partial charge on any atom is -0.477 e. The number of aromatic carboxylic acids is 1. The zero-order valence-electron chi connectivity index (χ0n) is 10.4. The predicted molar refractivity (Wildman–Crippen MR) is 69.2 cm³/mol. The Morgan fingerprint density at radius 3 is 2.85 bits per heavy atom. The normalized spacial score (nSPS) is 10.3. The van der Waals surface area contributed by atoms with Gasteiger partial charge in [0.1, 0.15) is 9.88 Å². The summed E-state index contributed by atoms with van der Waals surface area (Å²) < 4.78 is 13.3. The SMILES string of the molecule is Cc1nc(CNC(=O)c2cccnc2F)sc1C(=O)O. The fourth-order valence-corrected chi connectivity index (χ4v) is 2.38. The number of amides is 1. The molecule has 2 heterocycles. The van der Waals surface area contributed by atoms with Crippen LogP contribution in [0.4, 0.5) is 4.39 Å². The Balaban J connectivity index is 2.06.